The molecule has 0 atom stereocenters. The lowest BCUT2D eigenvalue weighted by Gasteiger charge is -2.04. The Hall–Kier alpha value is -2.89. The molecule has 0 saturated carbocycles. The Bertz CT molecular complexity index is 867. The van der Waals surface area contributed by atoms with Gasteiger partial charge in [-0.25, -0.2) is 4.98 Å². The van der Waals surface area contributed by atoms with Crippen molar-refractivity contribution in [1.82, 2.24) is 9.38 Å². The summed E-state index contributed by atoms with van der Waals surface area (Å²) >= 11 is 0. The van der Waals surface area contributed by atoms with E-state index in [4.69, 9.17) is 5.73 Å². The van der Waals surface area contributed by atoms with Gasteiger partial charge in [0.2, 0.25) is 0 Å². The molecular weight excluding hydrogens is 268 g/mol. The van der Waals surface area contributed by atoms with Gasteiger partial charge in [-0.3, -0.25) is 14.5 Å². The largest absolute Gasteiger partial charge is 0.383 e. The quantitative estimate of drug-likeness (QED) is 0.578. The molecule has 1 aromatic carbocycles. The molecule has 0 unspecified atom stereocenters. The average Bonchev–Trinajstić information content (AvgIpc) is 2.75. The maximum atomic E-state index is 11.2. The van der Waals surface area contributed by atoms with Crippen molar-refractivity contribution >= 4 is 17.2 Å². The summed E-state index contributed by atoms with van der Waals surface area (Å²) in [5.74, 6) is 0.414. The molecule has 2 heterocycles. The number of imidazole rings is 1. The van der Waals surface area contributed by atoms with Crippen LogP contribution in [-0.4, -0.2) is 14.3 Å². The summed E-state index contributed by atoms with van der Waals surface area (Å²) in [6.07, 6.45) is 0. The Balaban J connectivity index is 2.35. The van der Waals surface area contributed by atoms with E-state index in [1.807, 2.05) is 26.0 Å². The second kappa shape index (κ2) is 4.59. The lowest BCUT2D eigenvalue weighted by Crippen LogP contribution is -1.99. The Kier molecular flexibility index (Phi) is 2.86. The SMILES string of the molecule is Cc1cc(C)n2c(N)c(-c3ccccc3[N+](=O)[O-])nc2c1. The van der Waals surface area contributed by atoms with Crippen molar-refractivity contribution < 1.29 is 4.92 Å². The molecule has 6 nitrogen and oxygen atoms in total. The predicted molar refractivity (Wildman–Crippen MR) is 81.2 cm³/mol. The van der Waals surface area contributed by atoms with Crippen molar-refractivity contribution in [1.29, 1.82) is 0 Å². The average molecular weight is 282 g/mol. The summed E-state index contributed by atoms with van der Waals surface area (Å²) in [5, 5.41) is 11.2. The zero-order valence-corrected chi connectivity index (χ0v) is 11.7. The molecular formula is C15H14N4O2. The third-order valence-electron chi connectivity index (χ3n) is 3.44. The number of benzene rings is 1. The number of pyridine rings is 1. The number of fused-ring (bicyclic) bond motifs is 1. The standard InChI is InChI=1S/C15H14N4O2/c1-9-7-10(2)18-13(8-9)17-14(15(18)16)11-5-3-4-6-12(11)19(20)21/h3-8H,16H2,1-2H3. The molecule has 0 aliphatic heterocycles. The molecule has 0 fully saturated rings. The molecule has 6 heteroatoms. The second-order valence-corrected chi connectivity index (χ2v) is 4.99. The fraction of sp³-hybridized carbons (Fsp3) is 0.133. The van der Waals surface area contributed by atoms with E-state index in [-0.39, 0.29) is 5.69 Å². The summed E-state index contributed by atoms with van der Waals surface area (Å²) in [4.78, 5) is 15.2. The molecule has 3 rings (SSSR count). The molecule has 0 aliphatic rings. The van der Waals surface area contributed by atoms with Crippen LogP contribution in [0.1, 0.15) is 11.3 Å². The zero-order chi connectivity index (χ0) is 15.1. The van der Waals surface area contributed by atoms with E-state index in [0.29, 0.717) is 22.7 Å². The number of aromatic nitrogens is 2. The molecule has 0 spiro atoms. The number of para-hydroxylation sites is 1. The molecule has 3 aromatic rings. The number of hydrogen-bond donors (Lipinski definition) is 1. The van der Waals surface area contributed by atoms with Crippen LogP contribution in [0.4, 0.5) is 11.5 Å². The molecule has 0 aliphatic carbocycles. The van der Waals surface area contributed by atoms with E-state index < -0.39 is 4.92 Å². The maximum absolute atomic E-state index is 11.2. The monoisotopic (exact) mass is 282 g/mol. The van der Waals surface area contributed by atoms with Crippen molar-refractivity contribution in [2.24, 2.45) is 0 Å². The van der Waals surface area contributed by atoms with Crippen LogP contribution in [0.2, 0.25) is 0 Å². The van der Waals surface area contributed by atoms with Crippen LogP contribution in [0.25, 0.3) is 16.9 Å². The highest BCUT2D eigenvalue weighted by atomic mass is 16.6. The second-order valence-electron chi connectivity index (χ2n) is 4.99. The lowest BCUT2D eigenvalue weighted by atomic mass is 10.1. The van der Waals surface area contributed by atoms with Gasteiger partial charge in [-0.1, -0.05) is 12.1 Å². The Morgan fingerprint density at radius 1 is 1.24 bits per heavy atom. The number of aryl methyl sites for hydroxylation is 2. The van der Waals surface area contributed by atoms with Gasteiger partial charge in [-0.15, -0.1) is 0 Å². The number of nitrogen functional groups attached to an aromatic ring is 1. The number of anilines is 1. The number of nitro benzene ring substituents is 1. The summed E-state index contributed by atoms with van der Waals surface area (Å²) in [5.41, 5.74) is 9.75. The smallest absolute Gasteiger partial charge is 0.278 e. The first kappa shape index (κ1) is 13.1. The van der Waals surface area contributed by atoms with Gasteiger partial charge in [0.05, 0.1) is 10.5 Å². The molecule has 0 amide bonds. The fourth-order valence-electron chi connectivity index (χ4n) is 2.59. The minimum Gasteiger partial charge on any atom is -0.383 e. The van der Waals surface area contributed by atoms with E-state index in [1.165, 1.54) is 6.07 Å². The molecule has 106 valence electrons. The van der Waals surface area contributed by atoms with Crippen molar-refractivity contribution in [3.8, 4) is 11.3 Å². The minimum absolute atomic E-state index is 0.00183. The Labute approximate surface area is 121 Å². The van der Waals surface area contributed by atoms with Gasteiger partial charge < -0.3 is 5.73 Å². The van der Waals surface area contributed by atoms with Crippen LogP contribution in [0.5, 0.6) is 0 Å². The van der Waals surface area contributed by atoms with Gasteiger partial charge in [0.25, 0.3) is 5.69 Å². The van der Waals surface area contributed by atoms with Crippen LogP contribution in [0.3, 0.4) is 0 Å². The van der Waals surface area contributed by atoms with Crippen molar-refractivity contribution in [3.63, 3.8) is 0 Å². The number of nitrogens with two attached hydrogens (primary N) is 1. The molecule has 2 N–H and O–H groups in total. The molecule has 0 saturated heterocycles. The highest BCUT2D eigenvalue weighted by Crippen LogP contribution is 2.34. The van der Waals surface area contributed by atoms with E-state index in [1.54, 1.807) is 22.6 Å². The summed E-state index contributed by atoms with van der Waals surface area (Å²) in [6.45, 7) is 3.91. The number of nitro groups is 1. The first-order valence-corrected chi connectivity index (χ1v) is 6.48. The van der Waals surface area contributed by atoms with Crippen LogP contribution < -0.4 is 5.73 Å². The first-order valence-electron chi connectivity index (χ1n) is 6.48. The predicted octanol–water partition coefficient (Wildman–Crippen LogP) is 3.11. The minimum atomic E-state index is -0.420. The van der Waals surface area contributed by atoms with E-state index in [0.717, 1.165) is 11.3 Å². The van der Waals surface area contributed by atoms with Crippen LogP contribution >= 0.6 is 0 Å². The Morgan fingerprint density at radius 2 is 1.95 bits per heavy atom. The topological polar surface area (TPSA) is 86.5 Å². The van der Waals surface area contributed by atoms with Crippen LogP contribution in [0.15, 0.2) is 36.4 Å². The fourth-order valence-corrected chi connectivity index (χ4v) is 2.59. The molecule has 2 aromatic heterocycles. The maximum Gasteiger partial charge on any atom is 0.278 e. The summed E-state index contributed by atoms with van der Waals surface area (Å²) in [7, 11) is 0. The van der Waals surface area contributed by atoms with Gasteiger partial charge in [0.1, 0.15) is 17.2 Å². The third-order valence-corrected chi connectivity index (χ3v) is 3.44. The van der Waals surface area contributed by atoms with Gasteiger partial charge in [0.15, 0.2) is 0 Å². The van der Waals surface area contributed by atoms with Gasteiger partial charge in [-0.05, 0) is 37.6 Å². The third kappa shape index (κ3) is 2.01. The van der Waals surface area contributed by atoms with Crippen LogP contribution in [0, 0.1) is 24.0 Å². The summed E-state index contributed by atoms with van der Waals surface area (Å²) in [6, 6.07) is 10.4. The summed E-state index contributed by atoms with van der Waals surface area (Å²) < 4.78 is 1.80. The molecule has 21 heavy (non-hydrogen) atoms. The van der Waals surface area contributed by atoms with Gasteiger partial charge in [-0.2, -0.15) is 0 Å². The van der Waals surface area contributed by atoms with E-state index in [9.17, 15) is 10.1 Å². The van der Waals surface area contributed by atoms with E-state index >= 15 is 0 Å². The zero-order valence-electron chi connectivity index (χ0n) is 11.7. The lowest BCUT2D eigenvalue weighted by molar-refractivity contribution is -0.384. The van der Waals surface area contributed by atoms with Crippen LogP contribution in [-0.2, 0) is 0 Å². The number of nitrogens with zero attached hydrogens (tertiary/aromatic N) is 3. The van der Waals surface area contributed by atoms with Crippen molar-refractivity contribution in [2.75, 3.05) is 5.73 Å². The highest BCUT2D eigenvalue weighted by Gasteiger charge is 2.21. The van der Waals surface area contributed by atoms with Crippen molar-refractivity contribution in [2.45, 2.75) is 13.8 Å². The molecule has 0 radical (unpaired) electrons. The first-order chi connectivity index (χ1) is 9.99. The normalized spacial score (nSPS) is 11.0. The number of rotatable bonds is 2. The number of hydrogen-bond acceptors (Lipinski definition) is 4. The Morgan fingerprint density at radius 3 is 2.67 bits per heavy atom. The van der Waals surface area contributed by atoms with Crippen molar-refractivity contribution in [3.05, 3.63) is 57.8 Å². The molecule has 0 bridgehead atoms. The van der Waals surface area contributed by atoms with E-state index in [2.05, 4.69) is 4.98 Å². The highest BCUT2D eigenvalue weighted by molar-refractivity contribution is 5.81. The van der Waals surface area contributed by atoms with Gasteiger partial charge >= 0.3 is 0 Å². The van der Waals surface area contributed by atoms with Gasteiger partial charge in [0, 0.05) is 11.8 Å².